The second-order valence-electron chi connectivity index (χ2n) is 3.30. The highest BCUT2D eigenvalue weighted by molar-refractivity contribution is 6.31. The van der Waals surface area contributed by atoms with E-state index in [0.29, 0.717) is 6.04 Å². The fraction of sp³-hybridized carbons (Fsp3) is 0.400. The first-order valence-electron chi connectivity index (χ1n) is 4.20. The van der Waals surface area contributed by atoms with Gasteiger partial charge in [-0.3, -0.25) is 0 Å². The molecule has 0 aliphatic carbocycles. The SMILES string of the molecule is CC(C)N(C)c1ccc(F)c(Cl)c1. The normalized spacial score (nSPS) is 10.6. The largest absolute Gasteiger partial charge is 0.372 e. The topological polar surface area (TPSA) is 3.24 Å². The van der Waals surface area contributed by atoms with Crippen molar-refractivity contribution < 1.29 is 4.39 Å². The summed E-state index contributed by atoms with van der Waals surface area (Å²) < 4.78 is 12.8. The molecule has 0 radical (unpaired) electrons. The molecule has 3 heteroatoms. The van der Waals surface area contributed by atoms with Crippen LogP contribution in [0, 0.1) is 5.82 Å². The van der Waals surface area contributed by atoms with E-state index in [-0.39, 0.29) is 10.8 Å². The Morgan fingerprint density at radius 1 is 1.38 bits per heavy atom. The van der Waals surface area contributed by atoms with Gasteiger partial charge in [0.25, 0.3) is 0 Å². The van der Waals surface area contributed by atoms with Gasteiger partial charge >= 0.3 is 0 Å². The van der Waals surface area contributed by atoms with Gasteiger partial charge in [-0.15, -0.1) is 0 Å². The maximum Gasteiger partial charge on any atom is 0.141 e. The van der Waals surface area contributed by atoms with Crippen LogP contribution in [-0.4, -0.2) is 13.1 Å². The summed E-state index contributed by atoms with van der Waals surface area (Å²) in [5.74, 6) is -0.373. The number of nitrogens with zero attached hydrogens (tertiary/aromatic N) is 1. The van der Waals surface area contributed by atoms with E-state index in [2.05, 4.69) is 13.8 Å². The highest BCUT2D eigenvalue weighted by atomic mass is 35.5. The number of benzene rings is 1. The van der Waals surface area contributed by atoms with Crippen molar-refractivity contribution >= 4 is 17.3 Å². The average Bonchev–Trinajstić information content (AvgIpc) is 2.08. The number of rotatable bonds is 2. The predicted octanol–water partition coefficient (Wildman–Crippen LogP) is 3.32. The highest BCUT2D eigenvalue weighted by Crippen LogP contribution is 2.22. The van der Waals surface area contributed by atoms with Gasteiger partial charge in [0.2, 0.25) is 0 Å². The van der Waals surface area contributed by atoms with E-state index < -0.39 is 0 Å². The molecular weight excluding hydrogens is 189 g/mol. The number of anilines is 1. The summed E-state index contributed by atoms with van der Waals surface area (Å²) in [4.78, 5) is 2.03. The third kappa shape index (κ3) is 2.34. The number of hydrogen-bond acceptors (Lipinski definition) is 1. The lowest BCUT2D eigenvalue weighted by Gasteiger charge is -2.23. The Kier molecular flexibility index (Phi) is 3.15. The summed E-state index contributed by atoms with van der Waals surface area (Å²) in [5, 5.41) is 0.171. The molecule has 0 amide bonds. The van der Waals surface area contributed by atoms with Gasteiger partial charge in [0.1, 0.15) is 5.82 Å². The van der Waals surface area contributed by atoms with Gasteiger partial charge in [-0.1, -0.05) is 11.6 Å². The van der Waals surface area contributed by atoms with Gasteiger partial charge in [0, 0.05) is 18.8 Å². The second kappa shape index (κ2) is 3.97. The minimum atomic E-state index is -0.373. The molecule has 0 N–H and O–H groups in total. The molecule has 0 aliphatic rings. The number of hydrogen-bond donors (Lipinski definition) is 0. The second-order valence-corrected chi connectivity index (χ2v) is 3.71. The van der Waals surface area contributed by atoms with E-state index in [1.165, 1.54) is 6.07 Å². The van der Waals surface area contributed by atoms with Crippen LogP contribution >= 0.6 is 11.6 Å². The Labute approximate surface area is 83.1 Å². The van der Waals surface area contributed by atoms with Crippen LogP contribution in [0.2, 0.25) is 5.02 Å². The molecule has 1 aromatic rings. The molecule has 1 rings (SSSR count). The fourth-order valence-electron chi connectivity index (χ4n) is 1.00. The lowest BCUT2D eigenvalue weighted by Crippen LogP contribution is -2.25. The zero-order chi connectivity index (χ0) is 10.0. The van der Waals surface area contributed by atoms with Crippen LogP contribution in [0.4, 0.5) is 10.1 Å². The van der Waals surface area contributed by atoms with E-state index in [0.717, 1.165) is 5.69 Å². The molecule has 0 heterocycles. The van der Waals surface area contributed by atoms with Crippen molar-refractivity contribution in [1.29, 1.82) is 0 Å². The molecule has 0 unspecified atom stereocenters. The van der Waals surface area contributed by atoms with Crippen LogP contribution in [0.25, 0.3) is 0 Å². The standard InChI is InChI=1S/C10H13ClFN/c1-7(2)13(3)8-4-5-10(12)9(11)6-8/h4-7H,1-3H3. The van der Waals surface area contributed by atoms with Crippen molar-refractivity contribution in [1.82, 2.24) is 0 Å². The van der Waals surface area contributed by atoms with E-state index >= 15 is 0 Å². The third-order valence-corrected chi connectivity index (χ3v) is 2.37. The zero-order valence-corrected chi connectivity index (χ0v) is 8.77. The summed E-state index contributed by atoms with van der Waals surface area (Å²) in [6.45, 7) is 4.13. The smallest absolute Gasteiger partial charge is 0.141 e. The molecule has 13 heavy (non-hydrogen) atoms. The maximum atomic E-state index is 12.8. The molecule has 0 atom stereocenters. The van der Waals surface area contributed by atoms with Gasteiger partial charge < -0.3 is 4.90 Å². The van der Waals surface area contributed by atoms with Crippen molar-refractivity contribution in [3.8, 4) is 0 Å². The molecule has 0 saturated carbocycles. The fourth-order valence-corrected chi connectivity index (χ4v) is 1.18. The Bertz CT molecular complexity index is 299. The van der Waals surface area contributed by atoms with E-state index in [1.807, 2.05) is 11.9 Å². The number of halogens is 2. The molecule has 0 saturated heterocycles. The van der Waals surface area contributed by atoms with E-state index in [1.54, 1.807) is 12.1 Å². The van der Waals surface area contributed by atoms with Crippen LogP contribution < -0.4 is 4.90 Å². The summed E-state index contributed by atoms with van der Waals surface area (Å²) in [7, 11) is 1.95. The van der Waals surface area contributed by atoms with Crippen LogP contribution in [-0.2, 0) is 0 Å². The maximum absolute atomic E-state index is 12.8. The van der Waals surface area contributed by atoms with Crippen molar-refractivity contribution in [2.24, 2.45) is 0 Å². The van der Waals surface area contributed by atoms with E-state index in [9.17, 15) is 4.39 Å². The van der Waals surface area contributed by atoms with Gasteiger partial charge in [-0.2, -0.15) is 0 Å². The molecule has 0 spiro atoms. The Hall–Kier alpha value is -0.760. The van der Waals surface area contributed by atoms with Gasteiger partial charge in [0.15, 0.2) is 0 Å². The molecule has 0 bridgehead atoms. The van der Waals surface area contributed by atoms with Crippen molar-refractivity contribution in [2.45, 2.75) is 19.9 Å². The predicted molar refractivity (Wildman–Crippen MR) is 54.9 cm³/mol. The summed E-state index contributed by atoms with van der Waals surface area (Å²) in [6.07, 6.45) is 0. The first-order chi connectivity index (χ1) is 6.02. The molecule has 0 fully saturated rings. The molecule has 72 valence electrons. The highest BCUT2D eigenvalue weighted by Gasteiger charge is 2.07. The lowest BCUT2D eigenvalue weighted by molar-refractivity contribution is 0.627. The van der Waals surface area contributed by atoms with Crippen molar-refractivity contribution in [3.63, 3.8) is 0 Å². The van der Waals surface area contributed by atoms with Crippen molar-refractivity contribution in [3.05, 3.63) is 29.0 Å². The first kappa shape index (κ1) is 10.3. The van der Waals surface area contributed by atoms with Gasteiger partial charge in [-0.05, 0) is 32.0 Å². The quantitative estimate of drug-likeness (QED) is 0.710. The Morgan fingerprint density at radius 2 is 2.00 bits per heavy atom. The minimum Gasteiger partial charge on any atom is -0.372 e. The van der Waals surface area contributed by atoms with Crippen LogP contribution in [0.1, 0.15) is 13.8 Å². The zero-order valence-electron chi connectivity index (χ0n) is 8.01. The van der Waals surface area contributed by atoms with Gasteiger partial charge in [-0.25, -0.2) is 4.39 Å². The average molecular weight is 202 g/mol. The van der Waals surface area contributed by atoms with Crippen LogP contribution in [0.15, 0.2) is 18.2 Å². The molecule has 1 aromatic carbocycles. The minimum absolute atomic E-state index is 0.171. The summed E-state index contributed by atoms with van der Waals surface area (Å²) >= 11 is 5.66. The van der Waals surface area contributed by atoms with Crippen molar-refractivity contribution in [2.75, 3.05) is 11.9 Å². The molecule has 0 aromatic heterocycles. The molecular formula is C10H13ClFN. The van der Waals surface area contributed by atoms with Gasteiger partial charge in [0.05, 0.1) is 5.02 Å². The monoisotopic (exact) mass is 201 g/mol. The molecule has 0 aliphatic heterocycles. The van der Waals surface area contributed by atoms with Crippen LogP contribution in [0.3, 0.4) is 0 Å². The summed E-state index contributed by atoms with van der Waals surface area (Å²) in [6, 6.07) is 5.12. The Balaban J connectivity index is 2.97. The first-order valence-corrected chi connectivity index (χ1v) is 4.58. The van der Waals surface area contributed by atoms with Crippen LogP contribution in [0.5, 0.6) is 0 Å². The molecule has 1 nitrogen and oxygen atoms in total. The summed E-state index contributed by atoms with van der Waals surface area (Å²) in [5.41, 5.74) is 0.932. The lowest BCUT2D eigenvalue weighted by atomic mass is 10.2. The van der Waals surface area contributed by atoms with E-state index in [4.69, 9.17) is 11.6 Å². The third-order valence-electron chi connectivity index (χ3n) is 2.09. The Morgan fingerprint density at radius 3 is 2.46 bits per heavy atom.